The largest absolute Gasteiger partial charge is 0.388 e. The highest BCUT2D eigenvalue weighted by atomic mass is 32.2. The highest BCUT2D eigenvalue weighted by Crippen LogP contribution is 2.36. The van der Waals surface area contributed by atoms with Crippen molar-refractivity contribution in [1.29, 1.82) is 0 Å². The van der Waals surface area contributed by atoms with E-state index in [1.165, 1.54) is 0 Å². The Morgan fingerprint density at radius 2 is 1.75 bits per heavy atom. The molecule has 2 aromatic rings. The second kappa shape index (κ2) is 4.46. The summed E-state index contributed by atoms with van der Waals surface area (Å²) in [5, 5.41) is 5.01. The molecule has 0 radical (unpaired) electrons. The molecule has 0 saturated heterocycles. The van der Waals surface area contributed by atoms with Crippen LogP contribution in [0.2, 0.25) is 0 Å². The van der Waals surface area contributed by atoms with Crippen LogP contribution in [0.4, 0.5) is 5.69 Å². The Kier molecular flexibility index (Phi) is 2.99. The van der Waals surface area contributed by atoms with E-state index in [1.54, 1.807) is 12.1 Å². The molecule has 5 heteroatoms. The van der Waals surface area contributed by atoms with Crippen molar-refractivity contribution in [2.75, 3.05) is 12.4 Å². The predicted molar refractivity (Wildman–Crippen MR) is 81.5 cm³/mol. The molecule has 0 aliphatic heterocycles. The average Bonchev–Trinajstić information content (AvgIpc) is 3.13. The zero-order chi connectivity index (χ0) is 14.4. The van der Waals surface area contributed by atoms with Crippen LogP contribution in [0.25, 0.3) is 10.8 Å². The van der Waals surface area contributed by atoms with Crippen LogP contribution < -0.4 is 10.0 Å². The second-order valence-corrected chi connectivity index (χ2v) is 7.32. The van der Waals surface area contributed by atoms with E-state index in [0.29, 0.717) is 4.90 Å². The Hall–Kier alpha value is -1.59. The number of rotatable bonds is 4. The van der Waals surface area contributed by atoms with E-state index in [-0.39, 0.29) is 5.54 Å². The summed E-state index contributed by atoms with van der Waals surface area (Å²) in [6.07, 6.45) is 1.81. The standard InChI is InChI=1S/C15H18N2O2S/c1-15(7-8-15)17-20(18,19)14-6-4-11-3-5-13(16-2)9-12(11)10-14/h3-6,9-10,16-17H,7-8H2,1-2H3. The number of hydrogen-bond donors (Lipinski definition) is 2. The fraction of sp³-hybridized carbons (Fsp3) is 0.333. The van der Waals surface area contributed by atoms with Gasteiger partial charge >= 0.3 is 0 Å². The Balaban J connectivity index is 2.03. The molecule has 0 atom stereocenters. The zero-order valence-corrected chi connectivity index (χ0v) is 12.4. The number of nitrogens with one attached hydrogen (secondary N) is 2. The monoisotopic (exact) mass is 290 g/mol. The van der Waals surface area contributed by atoms with E-state index in [1.807, 2.05) is 38.2 Å². The van der Waals surface area contributed by atoms with Gasteiger partial charge in [-0.2, -0.15) is 0 Å². The Morgan fingerprint density at radius 3 is 2.40 bits per heavy atom. The molecule has 0 amide bonds. The first kappa shape index (κ1) is 13.4. The third-order valence-electron chi connectivity index (χ3n) is 3.79. The molecule has 3 rings (SSSR count). The van der Waals surface area contributed by atoms with Crippen LogP contribution in [-0.2, 0) is 10.0 Å². The predicted octanol–water partition coefficient (Wildman–Crippen LogP) is 2.71. The van der Waals surface area contributed by atoms with Crippen molar-refractivity contribution in [3.63, 3.8) is 0 Å². The lowest BCUT2D eigenvalue weighted by molar-refractivity contribution is 0.558. The Labute approximate surface area is 119 Å². The van der Waals surface area contributed by atoms with E-state index in [2.05, 4.69) is 10.0 Å². The first-order valence-corrected chi connectivity index (χ1v) is 8.16. The fourth-order valence-corrected chi connectivity index (χ4v) is 3.72. The number of fused-ring (bicyclic) bond motifs is 1. The maximum Gasteiger partial charge on any atom is 0.241 e. The molecule has 106 valence electrons. The number of benzene rings is 2. The minimum Gasteiger partial charge on any atom is -0.388 e. The quantitative estimate of drug-likeness (QED) is 0.910. The van der Waals surface area contributed by atoms with Gasteiger partial charge in [0.25, 0.3) is 0 Å². The van der Waals surface area contributed by atoms with Crippen molar-refractivity contribution in [1.82, 2.24) is 4.72 Å². The average molecular weight is 290 g/mol. The summed E-state index contributed by atoms with van der Waals surface area (Å²) in [7, 11) is -1.59. The van der Waals surface area contributed by atoms with Gasteiger partial charge in [-0.25, -0.2) is 13.1 Å². The van der Waals surface area contributed by atoms with Gasteiger partial charge in [-0.15, -0.1) is 0 Å². The summed E-state index contributed by atoms with van der Waals surface area (Å²) in [4.78, 5) is 0.325. The van der Waals surface area contributed by atoms with E-state index in [4.69, 9.17) is 0 Å². The van der Waals surface area contributed by atoms with Crippen LogP contribution in [-0.4, -0.2) is 21.0 Å². The molecule has 2 aromatic carbocycles. The summed E-state index contributed by atoms with van der Waals surface area (Å²) in [6, 6.07) is 11.1. The molecule has 1 saturated carbocycles. The lowest BCUT2D eigenvalue weighted by Crippen LogP contribution is -2.34. The van der Waals surface area contributed by atoms with Gasteiger partial charge in [0.05, 0.1) is 4.90 Å². The molecule has 0 spiro atoms. The van der Waals surface area contributed by atoms with Crippen LogP contribution in [0.15, 0.2) is 41.3 Å². The third kappa shape index (κ3) is 2.51. The van der Waals surface area contributed by atoms with Gasteiger partial charge in [-0.3, -0.25) is 0 Å². The van der Waals surface area contributed by atoms with Crippen molar-refractivity contribution in [2.24, 2.45) is 0 Å². The summed E-state index contributed by atoms with van der Waals surface area (Å²) >= 11 is 0. The number of hydrogen-bond acceptors (Lipinski definition) is 3. The first-order valence-electron chi connectivity index (χ1n) is 6.67. The molecule has 0 heterocycles. The highest BCUT2D eigenvalue weighted by Gasteiger charge is 2.41. The smallest absolute Gasteiger partial charge is 0.241 e. The van der Waals surface area contributed by atoms with Crippen LogP contribution in [0.3, 0.4) is 0 Å². The zero-order valence-electron chi connectivity index (χ0n) is 11.6. The molecule has 0 aromatic heterocycles. The molecule has 1 aliphatic rings. The topological polar surface area (TPSA) is 58.2 Å². The molecule has 4 nitrogen and oxygen atoms in total. The number of anilines is 1. The second-order valence-electron chi connectivity index (χ2n) is 5.64. The molecule has 0 unspecified atom stereocenters. The maximum absolute atomic E-state index is 12.4. The van der Waals surface area contributed by atoms with Gasteiger partial charge in [0, 0.05) is 18.3 Å². The van der Waals surface area contributed by atoms with Gasteiger partial charge in [-0.1, -0.05) is 12.1 Å². The van der Waals surface area contributed by atoms with E-state index >= 15 is 0 Å². The fourth-order valence-electron chi connectivity index (χ4n) is 2.22. The van der Waals surface area contributed by atoms with E-state index in [0.717, 1.165) is 29.3 Å². The van der Waals surface area contributed by atoms with Gasteiger partial charge in [0.15, 0.2) is 0 Å². The lowest BCUT2D eigenvalue weighted by Gasteiger charge is -2.13. The molecule has 0 bridgehead atoms. The Bertz CT molecular complexity index is 765. The molecular formula is C15H18N2O2S. The minimum absolute atomic E-state index is 0.249. The summed E-state index contributed by atoms with van der Waals surface area (Å²) in [5.74, 6) is 0. The van der Waals surface area contributed by atoms with E-state index in [9.17, 15) is 8.42 Å². The van der Waals surface area contributed by atoms with Gasteiger partial charge < -0.3 is 5.32 Å². The van der Waals surface area contributed by atoms with Gasteiger partial charge in [0.1, 0.15) is 0 Å². The van der Waals surface area contributed by atoms with Crippen molar-refractivity contribution in [3.05, 3.63) is 36.4 Å². The van der Waals surface area contributed by atoms with Crippen LogP contribution in [0.1, 0.15) is 19.8 Å². The normalized spacial score (nSPS) is 17.1. The summed E-state index contributed by atoms with van der Waals surface area (Å²) in [6.45, 7) is 1.94. The van der Waals surface area contributed by atoms with Crippen LogP contribution in [0.5, 0.6) is 0 Å². The number of sulfonamides is 1. The van der Waals surface area contributed by atoms with Gasteiger partial charge in [0.2, 0.25) is 10.0 Å². The first-order chi connectivity index (χ1) is 9.42. The van der Waals surface area contributed by atoms with Crippen molar-refractivity contribution in [2.45, 2.75) is 30.2 Å². The van der Waals surface area contributed by atoms with Gasteiger partial charge in [-0.05, 0) is 54.8 Å². The highest BCUT2D eigenvalue weighted by molar-refractivity contribution is 7.89. The maximum atomic E-state index is 12.4. The van der Waals surface area contributed by atoms with Crippen LogP contribution >= 0.6 is 0 Å². The lowest BCUT2D eigenvalue weighted by atomic mass is 10.1. The van der Waals surface area contributed by atoms with Crippen LogP contribution in [0, 0.1) is 0 Å². The Morgan fingerprint density at radius 1 is 1.05 bits per heavy atom. The van der Waals surface area contributed by atoms with E-state index < -0.39 is 10.0 Å². The molecule has 1 aliphatic carbocycles. The van der Waals surface area contributed by atoms with Crippen molar-refractivity contribution < 1.29 is 8.42 Å². The third-order valence-corrected chi connectivity index (χ3v) is 5.43. The minimum atomic E-state index is -3.44. The molecule has 2 N–H and O–H groups in total. The molecule has 1 fully saturated rings. The molecule has 20 heavy (non-hydrogen) atoms. The molecular weight excluding hydrogens is 272 g/mol. The van der Waals surface area contributed by atoms with Crippen molar-refractivity contribution >= 4 is 26.5 Å². The summed E-state index contributed by atoms with van der Waals surface area (Å²) in [5.41, 5.74) is 0.717. The van der Waals surface area contributed by atoms with Crippen molar-refractivity contribution in [3.8, 4) is 0 Å². The SMILES string of the molecule is CNc1ccc2ccc(S(=O)(=O)NC3(C)CC3)cc2c1. The summed E-state index contributed by atoms with van der Waals surface area (Å²) < 4.78 is 27.5.